The van der Waals surface area contributed by atoms with E-state index in [0.717, 1.165) is 51.3 Å². The second kappa shape index (κ2) is 12.7. The molecule has 2 aromatic carbocycles. The van der Waals surface area contributed by atoms with Crippen molar-refractivity contribution < 1.29 is 9.59 Å². The summed E-state index contributed by atoms with van der Waals surface area (Å²) in [6.45, 7) is 0. The summed E-state index contributed by atoms with van der Waals surface area (Å²) in [5.41, 5.74) is 2.85. The van der Waals surface area contributed by atoms with Crippen LogP contribution in [0.2, 0.25) is 0 Å². The van der Waals surface area contributed by atoms with E-state index in [0.29, 0.717) is 22.1 Å². The Hall–Kier alpha value is -3.28. The van der Waals surface area contributed by atoms with Crippen LogP contribution in [0.1, 0.15) is 41.7 Å². The minimum absolute atomic E-state index is 0.0100. The predicted octanol–water partition coefficient (Wildman–Crippen LogP) is 7.39. The molecule has 11 heteroatoms. The molecule has 0 saturated heterocycles. The third kappa shape index (κ3) is 7.03. The lowest BCUT2D eigenvalue weighted by molar-refractivity contribution is 0.0924. The molecule has 1 fully saturated rings. The molecule has 2 heterocycles. The van der Waals surface area contributed by atoms with Gasteiger partial charge in [0, 0.05) is 54.3 Å². The van der Waals surface area contributed by atoms with Gasteiger partial charge in [-0.3, -0.25) is 10.1 Å². The molecule has 1 saturated carbocycles. The molecule has 5 rings (SSSR count). The Morgan fingerprint density at radius 2 is 1.90 bits per heavy atom. The number of rotatable bonds is 10. The Bertz CT molecular complexity index is 1420. The summed E-state index contributed by atoms with van der Waals surface area (Å²) >= 11 is 4.58. The highest BCUT2D eigenvalue weighted by Gasteiger charge is 2.27. The second-order valence-corrected chi connectivity index (χ2v) is 12.7. The van der Waals surface area contributed by atoms with E-state index in [1.807, 2.05) is 49.3 Å². The van der Waals surface area contributed by atoms with Gasteiger partial charge in [-0.05, 0) is 54.9 Å². The Morgan fingerprint density at radius 3 is 2.62 bits per heavy atom. The van der Waals surface area contributed by atoms with Crippen LogP contribution >= 0.6 is 34.9 Å². The third-order valence-electron chi connectivity index (χ3n) is 6.42. The Kier molecular flexibility index (Phi) is 8.90. The number of aromatic amines is 1. The molecule has 202 valence electrons. The molecule has 1 aliphatic carbocycles. The van der Waals surface area contributed by atoms with Gasteiger partial charge in [0.2, 0.25) is 0 Å². The van der Waals surface area contributed by atoms with Crippen LogP contribution in [0.5, 0.6) is 0 Å². The molecule has 0 unspecified atom stereocenters. The molecular weight excluding hydrogens is 549 g/mol. The number of thiazole rings is 1. The van der Waals surface area contributed by atoms with Gasteiger partial charge >= 0.3 is 6.03 Å². The maximum atomic E-state index is 13.4. The van der Waals surface area contributed by atoms with Crippen LogP contribution in [0, 0.1) is 5.92 Å². The molecule has 0 radical (unpaired) electrons. The smallest absolute Gasteiger partial charge is 0.325 e. The minimum Gasteiger partial charge on any atom is -0.378 e. The van der Waals surface area contributed by atoms with Gasteiger partial charge < -0.3 is 15.2 Å². The first-order valence-electron chi connectivity index (χ1n) is 12.7. The molecule has 1 aliphatic rings. The Balaban J connectivity index is 1.33. The van der Waals surface area contributed by atoms with Gasteiger partial charge in [-0.15, -0.1) is 11.8 Å². The summed E-state index contributed by atoms with van der Waals surface area (Å²) in [5.74, 6) is 0.757. The van der Waals surface area contributed by atoms with Crippen molar-refractivity contribution in [3.63, 3.8) is 0 Å². The molecule has 8 nitrogen and oxygen atoms in total. The fourth-order valence-corrected chi connectivity index (χ4v) is 7.45. The molecule has 4 aromatic rings. The zero-order valence-corrected chi connectivity index (χ0v) is 24.2. The van der Waals surface area contributed by atoms with Crippen molar-refractivity contribution in [2.24, 2.45) is 5.92 Å². The molecule has 3 N–H and O–H groups in total. The topological polar surface area (TPSA) is 103 Å². The second-order valence-electron chi connectivity index (χ2n) is 9.40. The third-order valence-corrected chi connectivity index (χ3v) is 9.59. The van der Waals surface area contributed by atoms with E-state index < -0.39 is 6.03 Å². The number of anilines is 3. The molecule has 2 aromatic heterocycles. The maximum Gasteiger partial charge on any atom is 0.325 e. The first-order valence-corrected chi connectivity index (χ1v) is 15.4. The fraction of sp³-hybridized carbons (Fsp3) is 0.286. The van der Waals surface area contributed by atoms with E-state index in [2.05, 4.69) is 32.7 Å². The van der Waals surface area contributed by atoms with Crippen LogP contribution in [0.3, 0.4) is 0 Å². The lowest BCUT2D eigenvalue weighted by atomic mass is 9.94. The van der Waals surface area contributed by atoms with E-state index in [9.17, 15) is 9.59 Å². The molecule has 2 amide bonds. The van der Waals surface area contributed by atoms with Crippen molar-refractivity contribution in [2.75, 3.05) is 29.6 Å². The standard InChI is InChI=1S/C28H30N6O2S3/c1-34(2)19-12-13-22(21(16-19)24(35)18-8-6-7-9-18)31-26(36)33-28-32-23(17-37-20-10-4-3-5-11-20)25(39-28)38-27-29-14-15-30-27/h3-5,10-16,18H,6-9,17H2,1-2H3,(H,29,30)(H2,31,32,33,36). The average molecular weight is 579 g/mol. The summed E-state index contributed by atoms with van der Waals surface area (Å²) in [6.07, 6.45) is 7.42. The van der Waals surface area contributed by atoms with Gasteiger partial charge in [-0.25, -0.2) is 14.8 Å². The first kappa shape index (κ1) is 27.3. The SMILES string of the molecule is CN(C)c1ccc(NC(=O)Nc2nc(CSc3ccccc3)c(Sc3ncc[nH]3)s2)c(C(=O)C2CCCC2)c1. The van der Waals surface area contributed by atoms with Gasteiger partial charge in [0.05, 0.1) is 15.6 Å². The highest BCUT2D eigenvalue weighted by atomic mass is 32.2. The molecule has 0 atom stereocenters. The van der Waals surface area contributed by atoms with E-state index in [1.165, 1.54) is 23.1 Å². The van der Waals surface area contributed by atoms with Gasteiger partial charge in [0.25, 0.3) is 0 Å². The van der Waals surface area contributed by atoms with Crippen LogP contribution in [0.4, 0.5) is 21.3 Å². The maximum absolute atomic E-state index is 13.4. The van der Waals surface area contributed by atoms with Crippen molar-refractivity contribution in [1.82, 2.24) is 15.0 Å². The van der Waals surface area contributed by atoms with Crippen molar-refractivity contribution in [3.8, 4) is 0 Å². The Labute approximate surface area is 240 Å². The number of amides is 2. The summed E-state index contributed by atoms with van der Waals surface area (Å²) < 4.78 is 0.955. The van der Waals surface area contributed by atoms with Crippen LogP contribution < -0.4 is 15.5 Å². The number of H-pyrrole nitrogens is 1. The monoisotopic (exact) mass is 578 g/mol. The van der Waals surface area contributed by atoms with Crippen LogP contribution in [0.25, 0.3) is 0 Å². The zero-order chi connectivity index (χ0) is 27.2. The van der Waals surface area contributed by atoms with Gasteiger partial charge in [-0.2, -0.15) is 0 Å². The van der Waals surface area contributed by atoms with E-state index in [1.54, 1.807) is 30.2 Å². The minimum atomic E-state index is -0.432. The van der Waals surface area contributed by atoms with Crippen molar-refractivity contribution in [1.29, 1.82) is 0 Å². The molecule has 39 heavy (non-hydrogen) atoms. The number of benzene rings is 2. The highest BCUT2D eigenvalue weighted by Crippen LogP contribution is 2.39. The molecular formula is C28H30N6O2S3. The predicted molar refractivity (Wildman–Crippen MR) is 161 cm³/mol. The largest absolute Gasteiger partial charge is 0.378 e. The summed E-state index contributed by atoms with van der Waals surface area (Å²) in [4.78, 5) is 41.7. The lowest BCUT2D eigenvalue weighted by Gasteiger charge is -2.18. The number of hydrogen-bond donors (Lipinski definition) is 3. The number of hydrogen-bond acceptors (Lipinski definition) is 8. The van der Waals surface area contributed by atoms with Gasteiger partial charge in [0.15, 0.2) is 16.1 Å². The summed E-state index contributed by atoms with van der Waals surface area (Å²) in [5, 5.41) is 7.04. The van der Waals surface area contributed by atoms with Gasteiger partial charge in [-0.1, -0.05) is 42.4 Å². The number of Topliss-reactive ketones (excluding diaryl/α,β-unsaturated/α-hetero) is 1. The van der Waals surface area contributed by atoms with Crippen LogP contribution in [0.15, 0.2) is 75.2 Å². The number of aromatic nitrogens is 3. The van der Waals surface area contributed by atoms with Crippen molar-refractivity contribution in [3.05, 3.63) is 72.2 Å². The number of ketones is 1. The van der Waals surface area contributed by atoms with E-state index >= 15 is 0 Å². The number of carbonyl (C=O) groups is 2. The zero-order valence-electron chi connectivity index (χ0n) is 21.8. The van der Waals surface area contributed by atoms with Crippen molar-refractivity contribution in [2.45, 2.75) is 45.7 Å². The quantitative estimate of drug-likeness (QED) is 0.133. The van der Waals surface area contributed by atoms with E-state index in [4.69, 9.17) is 4.98 Å². The molecule has 0 spiro atoms. The molecule has 0 aliphatic heterocycles. The number of imidazole rings is 1. The number of nitrogens with one attached hydrogen (secondary N) is 3. The van der Waals surface area contributed by atoms with Gasteiger partial charge in [0.1, 0.15) is 0 Å². The summed E-state index contributed by atoms with van der Waals surface area (Å²) in [7, 11) is 3.88. The number of urea groups is 1. The summed E-state index contributed by atoms with van der Waals surface area (Å²) in [6, 6.07) is 15.3. The fourth-order valence-electron chi connectivity index (χ4n) is 4.41. The van der Waals surface area contributed by atoms with Crippen molar-refractivity contribution >= 4 is 63.2 Å². The average Bonchev–Trinajstić information content (AvgIpc) is 3.71. The van der Waals surface area contributed by atoms with E-state index in [-0.39, 0.29) is 11.7 Å². The number of thioether (sulfide) groups is 1. The normalized spacial score (nSPS) is 13.4. The number of nitrogens with zero attached hydrogens (tertiary/aromatic N) is 3. The Morgan fingerprint density at radius 1 is 1.10 bits per heavy atom. The highest BCUT2D eigenvalue weighted by molar-refractivity contribution is 8.01. The number of carbonyl (C=O) groups excluding carboxylic acids is 2. The van der Waals surface area contributed by atoms with Crippen LogP contribution in [-0.2, 0) is 5.75 Å². The molecule has 0 bridgehead atoms. The lowest BCUT2D eigenvalue weighted by Crippen LogP contribution is -2.22. The first-order chi connectivity index (χ1) is 19.0. The van der Waals surface area contributed by atoms with Crippen LogP contribution in [-0.4, -0.2) is 40.9 Å².